The first-order chi connectivity index (χ1) is 9.85. The van der Waals surface area contributed by atoms with Crippen molar-refractivity contribution in [2.24, 2.45) is 0 Å². The maximum absolute atomic E-state index is 5.75. The third-order valence-corrected chi connectivity index (χ3v) is 2.94. The van der Waals surface area contributed by atoms with Crippen molar-refractivity contribution in [1.29, 1.82) is 0 Å². The van der Waals surface area contributed by atoms with Gasteiger partial charge in [0.1, 0.15) is 5.75 Å². The molecule has 0 unspecified atom stereocenters. The van der Waals surface area contributed by atoms with E-state index in [-0.39, 0.29) is 6.79 Å². The van der Waals surface area contributed by atoms with Gasteiger partial charge < -0.3 is 19.5 Å². The molecule has 1 aliphatic rings. The quantitative estimate of drug-likeness (QED) is 0.907. The molecule has 2 heterocycles. The zero-order valence-corrected chi connectivity index (χ0v) is 11.3. The van der Waals surface area contributed by atoms with Crippen LogP contribution in [0.1, 0.15) is 12.5 Å². The second-order valence-electron chi connectivity index (χ2n) is 4.40. The molecule has 0 radical (unpaired) electrons. The number of hydrogen-bond donors (Lipinski definition) is 1. The van der Waals surface area contributed by atoms with Crippen LogP contribution in [0.3, 0.4) is 0 Å². The lowest BCUT2D eigenvalue weighted by atomic mass is 10.2. The van der Waals surface area contributed by atoms with Gasteiger partial charge in [-0.2, -0.15) is 0 Å². The van der Waals surface area contributed by atoms with E-state index < -0.39 is 0 Å². The topological polar surface area (TPSA) is 52.6 Å². The van der Waals surface area contributed by atoms with Gasteiger partial charge >= 0.3 is 0 Å². The number of fused-ring (bicyclic) bond motifs is 1. The standard InChI is InChI=1S/C15H16N2O3/c1-2-16-9-11-5-6-17-15(7-11)20-12-3-4-13-14(8-12)19-10-18-13/h3-8,16H,2,9-10H2,1H3. The molecule has 3 rings (SSSR count). The molecular formula is C15H16N2O3. The number of ether oxygens (including phenoxy) is 3. The first-order valence-electron chi connectivity index (χ1n) is 6.58. The van der Waals surface area contributed by atoms with Gasteiger partial charge in [0.2, 0.25) is 12.7 Å². The summed E-state index contributed by atoms with van der Waals surface area (Å²) in [5.74, 6) is 2.69. The number of pyridine rings is 1. The molecule has 0 fully saturated rings. The second-order valence-corrected chi connectivity index (χ2v) is 4.40. The molecule has 1 aromatic heterocycles. The smallest absolute Gasteiger partial charge is 0.231 e. The highest BCUT2D eigenvalue weighted by Gasteiger charge is 2.14. The first-order valence-corrected chi connectivity index (χ1v) is 6.58. The summed E-state index contributed by atoms with van der Waals surface area (Å²) < 4.78 is 16.3. The van der Waals surface area contributed by atoms with Crippen molar-refractivity contribution in [2.75, 3.05) is 13.3 Å². The van der Waals surface area contributed by atoms with Gasteiger partial charge in [-0.1, -0.05) is 6.92 Å². The lowest BCUT2D eigenvalue weighted by Gasteiger charge is -2.07. The SMILES string of the molecule is CCNCc1ccnc(Oc2ccc3c(c2)OCO3)c1. The molecule has 0 bridgehead atoms. The molecule has 1 aromatic carbocycles. The van der Waals surface area contributed by atoms with Gasteiger partial charge in [-0.25, -0.2) is 4.98 Å². The van der Waals surface area contributed by atoms with Crippen molar-refractivity contribution in [2.45, 2.75) is 13.5 Å². The van der Waals surface area contributed by atoms with Crippen LogP contribution in [0.5, 0.6) is 23.1 Å². The van der Waals surface area contributed by atoms with E-state index in [2.05, 4.69) is 17.2 Å². The molecule has 20 heavy (non-hydrogen) atoms. The Hall–Kier alpha value is -2.27. The zero-order valence-electron chi connectivity index (χ0n) is 11.3. The highest BCUT2D eigenvalue weighted by Crippen LogP contribution is 2.36. The third kappa shape index (κ3) is 2.83. The molecule has 0 amide bonds. The Labute approximate surface area is 117 Å². The van der Waals surface area contributed by atoms with E-state index in [1.807, 2.05) is 24.3 Å². The van der Waals surface area contributed by atoms with Crippen LogP contribution < -0.4 is 19.5 Å². The number of benzene rings is 1. The Morgan fingerprint density at radius 2 is 2.10 bits per heavy atom. The van der Waals surface area contributed by atoms with Crippen molar-refractivity contribution in [1.82, 2.24) is 10.3 Å². The van der Waals surface area contributed by atoms with Crippen LogP contribution in [-0.4, -0.2) is 18.3 Å². The van der Waals surface area contributed by atoms with Gasteiger partial charge in [0, 0.05) is 24.9 Å². The molecule has 1 N–H and O–H groups in total. The minimum absolute atomic E-state index is 0.259. The lowest BCUT2D eigenvalue weighted by Crippen LogP contribution is -2.11. The Bertz CT molecular complexity index is 601. The molecule has 0 atom stereocenters. The van der Waals surface area contributed by atoms with Gasteiger partial charge in [0.15, 0.2) is 11.5 Å². The van der Waals surface area contributed by atoms with Crippen molar-refractivity contribution in [3.05, 3.63) is 42.1 Å². The van der Waals surface area contributed by atoms with Crippen LogP contribution in [0.15, 0.2) is 36.5 Å². The number of hydrogen-bond acceptors (Lipinski definition) is 5. The number of nitrogens with one attached hydrogen (secondary N) is 1. The van der Waals surface area contributed by atoms with E-state index in [4.69, 9.17) is 14.2 Å². The van der Waals surface area contributed by atoms with Gasteiger partial charge in [-0.05, 0) is 30.3 Å². The summed E-state index contributed by atoms with van der Waals surface area (Å²) >= 11 is 0. The molecule has 2 aromatic rings. The fourth-order valence-electron chi connectivity index (χ4n) is 1.95. The predicted molar refractivity (Wildman–Crippen MR) is 74.3 cm³/mol. The van der Waals surface area contributed by atoms with Crippen LogP contribution >= 0.6 is 0 Å². The fourth-order valence-corrected chi connectivity index (χ4v) is 1.95. The van der Waals surface area contributed by atoms with Crippen LogP contribution in [-0.2, 0) is 6.54 Å². The molecule has 0 aliphatic carbocycles. The summed E-state index contributed by atoms with van der Waals surface area (Å²) in [6.07, 6.45) is 1.75. The summed E-state index contributed by atoms with van der Waals surface area (Å²) in [7, 11) is 0. The summed E-state index contributed by atoms with van der Waals surface area (Å²) in [6.45, 7) is 4.07. The summed E-state index contributed by atoms with van der Waals surface area (Å²) in [5.41, 5.74) is 1.14. The van der Waals surface area contributed by atoms with Crippen molar-refractivity contribution >= 4 is 0 Å². The first kappa shape index (κ1) is 12.7. The lowest BCUT2D eigenvalue weighted by molar-refractivity contribution is 0.174. The third-order valence-electron chi connectivity index (χ3n) is 2.94. The Morgan fingerprint density at radius 1 is 1.20 bits per heavy atom. The molecule has 5 nitrogen and oxygen atoms in total. The normalized spacial score (nSPS) is 12.4. The largest absolute Gasteiger partial charge is 0.454 e. The number of nitrogens with zero attached hydrogens (tertiary/aromatic N) is 1. The molecule has 1 aliphatic heterocycles. The monoisotopic (exact) mass is 272 g/mol. The van der Waals surface area contributed by atoms with Crippen LogP contribution in [0.2, 0.25) is 0 Å². The van der Waals surface area contributed by atoms with Gasteiger partial charge in [0.25, 0.3) is 0 Å². The van der Waals surface area contributed by atoms with Crippen molar-refractivity contribution in [3.8, 4) is 23.1 Å². The molecule has 104 valence electrons. The zero-order chi connectivity index (χ0) is 13.8. The summed E-state index contributed by atoms with van der Waals surface area (Å²) in [5, 5.41) is 3.27. The molecule has 5 heteroatoms. The van der Waals surface area contributed by atoms with Crippen LogP contribution in [0.4, 0.5) is 0 Å². The molecule has 0 saturated heterocycles. The van der Waals surface area contributed by atoms with Gasteiger partial charge in [-0.3, -0.25) is 0 Å². The maximum atomic E-state index is 5.75. The Morgan fingerprint density at radius 3 is 3.00 bits per heavy atom. The van der Waals surface area contributed by atoms with E-state index in [0.717, 1.165) is 24.4 Å². The highest BCUT2D eigenvalue weighted by atomic mass is 16.7. The predicted octanol–water partition coefficient (Wildman–Crippen LogP) is 2.71. The van der Waals surface area contributed by atoms with E-state index >= 15 is 0 Å². The maximum Gasteiger partial charge on any atom is 0.231 e. The fraction of sp³-hybridized carbons (Fsp3) is 0.267. The van der Waals surface area contributed by atoms with E-state index in [0.29, 0.717) is 17.4 Å². The average molecular weight is 272 g/mol. The van der Waals surface area contributed by atoms with Crippen LogP contribution in [0, 0.1) is 0 Å². The number of aromatic nitrogens is 1. The van der Waals surface area contributed by atoms with E-state index in [1.165, 1.54) is 0 Å². The van der Waals surface area contributed by atoms with E-state index in [1.54, 1.807) is 12.3 Å². The Balaban J connectivity index is 1.74. The highest BCUT2D eigenvalue weighted by molar-refractivity contribution is 5.47. The molecule has 0 spiro atoms. The average Bonchev–Trinajstić information content (AvgIpc) is 2.93. The van der Waals surface area contributed by atoms with Crippen molar-refractivity contribution in [3.63, 3.8) is 0 Å². The second kappa shape index (κ2) is 5.79. The van der Waals surface area contributed by atoms with Crippen molar-refractivity contribution < 1.29 is 14.2 Å². The Kier molecular flexibility index (Phi) is 3.69. The minimum Gasteiger partial charge on any atom is -0.454 e. The molecular weight excluding hydrogens is 256 g/mol. The van der Waals surface area contributed by atoms with Gasteiger partial charge in [0.05, 0.1) is 0 Å². The summed E-state index contributed by atoms with van der Waals surface area (Å²) in [4.78, 5) is 4.21. The van der Waals surface area contributed by atoms with Gasteiger partial charge in [-0.15, -0.1) is 0 Å². The van der Waals surface area contributed by atoms with Crippen LogP contribution in [0.25, 0.3) is 0 Å². The molecule has 0 saturated carbocycles. The van der Waals surface area contributed by atoms with E-state index in [9.17, 15) is 0 Å². The number of rotatable bonds is 5. The summed E-state index contributed by atoms with van der Waals surface area (Å²) in [6, 6.07) is 9.37. The minimum atomic E-state index is 0.259.